The Bertz CT molecular complexity index is 394. The van der Waals surface area contributed by atoms with Crippen LogP contribution in [-0.4, -0.2) is 5.33 Å². The molecule has 0 saturated heterocycles. The third-order valence-corrected chi connectivity index (χ3v) is 3.44. The predicted octanol–water partition coefficient (Wildman–Crippen LogP) is 4.99. The first-order valence-electron chi connectivity index (χ1n) is 9.21. The molecule has 0 aromatic heterocycles. The molecule has 0 aliphatic carbocycles. The number of rotatable bonds is 12. The largest absolute Gasteiger partial charge is 1.00 e. The first kappa shape index (κ1) is 33.2. The van der Waals surface area contributed by atoms with E-state index in [0.717, 1.165) is 50.3 Å². The van der Waals surface area contributed by atoms with Gasteiger partial charge in [-0.05, 0) is 51.4 Å². The summed E-state index contributed by atoms with van der Waals surface area (Å²) in [6, 6.07) is 0. The van der Waals surface area contributed by atoms with Gasteiger partial charge < -0.3 is 12.8 Å². The van der Waals surface area contributed by atoms with Gasteiger partial charge in [-0.25, -0.2) is 0 Å². The number of unbranched alkanes of at least 4 members (excludes halogenated alkanes) is 3. The van der Waals surface area contributed by atoms with Crippen molar-refractivity contribution in [2.75, 3.05) is 5.33 Å². The van der Waals surface area contributed by atoms with E-state index in [2.05, 4.69) is 90.7 Å². The molecule has 0 aromatic rings. The van der Waals surface area contributed by atoms with Gasteiger partial charge in [0.05, 0.1) is 0 Å². The van der Waals surface area contributed by atoms with Crippen LogP contribution in [0.3, 0.4) is 0 Å². The molecule has 0 rings (SSSR count). The molecule has 0 aliphatic heterocycles. The van der Waals surface area contributed by atoms with Gasteiger partial charge in [0, 0.05) is 11.8 Å². The monoisotopic (exact) mass is 426 g/mol. The number of alkyl halides is 1. The Morgan fingerprint density at radius 2 is 1.19 bits per heavy atom. The predicted molar refractivity (Wildman–Crippen MR) is 120 cm³/mol. The molecule has 0 aromatic carbocycles. The molecule has 26 heavy (non-hydrogen) atoms. The molecule has 0 amide bonds. The number of halogens is 1. The molecule has 0 unspecified atom stereocenters. The molecule has 0 bridgehead atoms. The van der Waals surface area contributed by atoms with Crippen molar-refractivity contribution in [3.05, 3.63) is 55.0 Å². The molecule has 2 heteroatoms. The average Bonchev–Trinajstić information content (AvgIpc) is 2.65. The van der Waals surface area contributed by atoms with Crippen molar-refractivity contribution in [3.8, 4) is 18.8 Å². The van der Waals surface area contributed by atoms with E-state index in [1.807, 2.05) is 0 Å². The van der Waals surface area contributed by atoms with Gasteiger partial charge in [0.1, 0.15) is 0 Å². The molecule has 0 fully saturated rings. The van der Waals surface area contributed by atoms with Gasteiger partial charge in [-0.2, -0.15) is 0 Å². The van der Waals surface area contributed by atoms with Crippen LogP contribution in [0.2, 0.25) is 0 Å². The minimum atomic E-state index is 0. The summed E-state index contributed by atoms with van der Waals surface area (Å²) in [4.78, 5) is 0. The van der Waals surface area contributed by atoms with Crippen LogP contribution >= 0.6 is 15.9 Å². The number of hydrogen-bond acceptors (Lipinski definition) is 0. The summed E-state index contributed by atoms with van der Waals surface area (Å²) in [5.74, 6) is 2.63. The normalized spacial score (nSPS) is 10.2. The summed E-state index contributed by atoms with van der Waals surface area (Å²) >= 11 is 3.40. The van der Waals surface area contributed by atoms with Crippen molar-refractivity contribution in [2.24, 2.45) is 0 Å². The molecule has 0 atom stereocenters. The molecule has 0 spiro atoms. The van der Waals surface area contributed by atoms with E-state index in [0.29, 0.717) is 0 Å². The summed E-state index contributed by atoms with van der Waals surface area (Å²) in [5.41, 5.74) is 0. The average molecular weight is 427 g/mol. The Balaban J connectivity index is -0.000000164. The first-order chi connectivity index (χ1) is 12.3. The van der Waals surface area contributed by atoms with Gasteiger partial charge in [-0.3, -0.25) is 0 Å². The maximum absolute atomic E-state index is 5.25. The minimum absolute atomic E-state index is 0. The smallest absolute Gasteiger partial charge is 0.697 e. The summed E-state index contributed by atoms with van der Waals surface area (Å²) in [6.45, 7) is 4.30. The van der Waals surface area contributed by atoms with Crippen LogP contribution in [0.1, 0.15) is 71.6 Å². The fourth-order valence-corrected chi connectivity index (χ4v) is 1.95. The van der Waals surface area contributed by atoms with Crippen LogP contribution in [-0.2, 0) is 0 Å². The fourth-order valence-electron chi connectivity index (χ4n) is 1.63. The van der Waals surface area contributed by atoms with E-state index < -0.39 is 0 Å². The third-order valence-electron chi connectivity index (χ3n) is 2.88. The van der Waals surface area contributed by atoms with Crippen molar-refractivity contribution in [1.29, 1.82) is 0 Å². The van der Waals surface area contributed by atoms with E-state index in [9.17, 15) is 0 Å². The topological polar surface area (TPSA) is 0 Å². The SMILES string of the molecule is C#CCCC/C=C\C/C=C\CC.CC/C=C\C/C=C\CCCBr.[C-]#C.[Na+]. The van der Waals surface area contributed by atoms with E-state index in [1.54, 1.807) is 0 Å². The molecule has 0 nitrogen and oxygen atoms in total. The van der Waals surface area contributed by atoms with Gasteiger partial charge in [-0.1, -0.05) is 78.4 Å². The summed E-state index contributed by atoms with van der Waals surface area (Å²) < 4.78 is 0. The van der Waals surface area contributed by atoms with E-state index in [-0.39, 0.29) is 29.6 Å². The van der Waals surface area contributed by atoms with Crippen LogP contribution in [0, 0.1) is 25.2 Å². The van der Waals surface area contributed by atoms with Crippen LogP contribution in [0.4, 0.5) is 0 Å². The second-order valence-corrected chi connectivity index (χ2v) is 5.89. The molecule has 0 aliphatic rings. The van der Waals surface area contributed by atoms with Gasteiger partial charge in [0.2, 0.25) is 0 Å². The quantitative estimate of drug-likeness (QED) is 0.103. The van der Waals surface area contributed by atoms with Crippen molar-refractivity contribution in [2.45, 2.75) is 71.6 Å². The summed E-state index contributed by atoms with van der Waals surface area (Å²) in [5, 5.41) is 1.11. The molecule has 0 heterocycles. The zero-order valence-electron chi connectivity index (χ0n) is 17.2. The number of allylic oxidation sites excluding steroid dienone is 8. The third kappa shape index (κ3) is 43.7. The molecular formula is C24H36BrNa. The Hall–Kier alpha value is -0.440. The Morgan fingerprint density at radius 1 is 0.769 bits per heavy atom. The van der Waals surface area contributed by atoms with Gasteiger partial charge in [0.15, 0.2) is 0 Å². The van der Waals surface area contributed by atoms with E-state index in [1.165, 1.54) is 12.8 Å². The second-order valence-electron chi connectivity index (χ2n) is 5.10. The zero-order valence-corrected chi connectivity index (χ0v) is 20.8. The minimum Gasteiger partial charge on any atom is -0.697 e. The summed E-state index contributed by atoms with van der Waals surface area (Å²) in [7, 11) is 0. The van der Waals surface area contributed by atoms with E-state index >= 15 is 0 Å². The molecule has 0 radical (unpaired) electrons. The first-order valence-corrected chi connectivity index (χ1v) is 10.3. The van der Waals surface area contributed by atoms with Crippen molar-refractivity contribution >= 4 is 15.9 Å². The van der Waals surface area contributed by atoms with Crippen molar-refractivity contribution in [1.82, 2.24) is 0 Å². The molecule has 0 N–H and O–H groups in total. The van der Waals surface area contributed by atoms with Crippen molar-refractivity contribution < 1.29 is 29.6 Å². The zero-order chi connectivity index (χ0) is 19.4. The maximum Gasteiger partial charge on any atom is 1.00 e. The van der Waals surface area contributed by atoms with Crippen LogP contribution in [0.5, 0.6) is 0 Å². The molecule has 140 valence electrons. The fraction of sp³-hybridized carbons (Fsp3) is 0.500. The second kappa shape index (κ2) is 39.6. The Morgan fingerprint density at radius 3 is 1.58 bits per heavy atom. The van der Waals surface area contributed by atoms with Gasteiger partial charge in [-0.15, -0.1) is 12.3 Å². The van der Waals surface area contributed by atoms with Crippen LogP contribution in [0.25, 0.3) is 0 Å². The van der Waals surface area contributed by atoms with Crippen LogP contribution in [0.15, 0.2) is 48.6 Å². The molecule has 0 saturated carbocycles. The van der Waals surface area contributed by atoms with Crippen LogP contribution < -0.4 is 29.6 Å². The molecular weight excluding hydrogens is 391 g/mol. The standard InChI is InChI=1S/C12H18.C10H17Br.C2H.Na/c1-3-5-7-9-11-12-10-8-6-4-2;1-2-3-4-5-6-7-8-9-10-11;1-2;/h1,6,8,11-12H,4-5,7,9-10H2,2H3;3-4,6-7H,2,5,8-10H2,1H3;1H;/q;;-1;+1/b8-6-,12-11-;4-3-,7-6-;;. The summed E-state index contributed by atoms with van der Waals surface area (Å²) in [6.07, 6.45) is 41.8. The number of hydrogen-bond donors (Lipinski definition) is 0. The maximum atomic E-state index is 5.25. The van der Waals surface area contributed by atoms with Crippen molar-refractivity contribution in [3.63, 3.8) is 0 Å². The Labute approximate surface area is 195 Å². The Kier molecular flexibility index (Phi) is 50.5. The number of terminal acetylenes is 2. The van der Waals surface area contributed by atoms with E-state index in [4.69, 9.17) is 12.8 Å². The van der Waals surface area contributed by atoms with Gasteiger partial charge in [0.25, 0.3) is 0 Å². The van der Waals surface area contributed by atoms with Gasteiger partial charge >= 0.3 is 29.6 Å².